The highest BCUT2D eigenvalue weighted by molar-refractivity contribution is 7.89. The van der Waals surface area contributed by atoms with E-state index in [1.165, 1.54) is 0 Å². The van der Waals surface area contributed by atoms with Crippen molar-refractivity contribution < 1.29 is 18.0 Å². The van der Waals surface area contributed by atoms with Crippen molar-refractivity contribution in [1.29, 1.82) is 0 Å². The van der Waals surface area contributed by atoms with Crippen LogP contribution in [0.15, 0.2) is 17.0 Å². The Labute approximate surface area is 165 Å². The highest BCUT2D eigenvalue weighted by atomic mass is 32.2. The van der Waals surface area contributed by atoms with E-state index < -0.39 is 30.5 Å². The number of hydrogen-bond acceptors (Lipinski definition) is 4. The molecule has 0 saturated heterocycles. The molecule has 152 valence electrons. The maximum Gasteiger partial charge on any atom is 0.241 e. The number of aryl methyl sites for hydroxylation is 3. The average molecular weight is 412 g/mol. The highest BCUT2D eigenvalue weighted by Crippen LogP contribution is 2.36. The quantitative estimate of drug-likeness (QED) is 0.533. The number of benzene rings is 1. The zero-order valence-electron chi connectivity index (χ0n) is 17.7. The van der Waals surface area contributed by atoms with E-state index in [2.05, 4.69) is 44.5 Å². The topological polar surface area (TPSA) is 75.6 Å². The van der Waals surface area contributed by atoms with Gasteiger partial charge in [-0.15, -0.1) is 6.42 Å². The van der Waals surface area contributed by atoms with Gasteiger partial charge in [0.05, 0.1) is 17.5 Å². The molecule has 0 unspecified atom stereocenters. The molecular formula is C20H33NO4SSi. The smallest absolute Gasteiger partial charge is 0.241 e. The number of sulfonamides is 1. The lowest BCUT2D eigenvalue weighted by atomic mass is 10.1. The molecule has 0 saturated carbocycles. The van der Waals surface area contributed by atoms with Crippen LogP contribution < -0.4 is 4.72 Å². The van der Waals surface area contributed by atoms with Crippen LogP contribution >= 0.6 is 0 Å². The largest absolute Gasteiger partial charge is 0.415 e. The summed E-state index contributed by atoms with van der Waals surface area (Å²) in [6.07, 6.45) is 4.07. The molecule has 0 aliphatic rings. The van der Waals surface area contributed by atoms with Crippen LogP contribution in [-0.4, -0.2) is 40.6 Å². The second-order valence-electron chi connectivity index (χ2n) is 8.64. The van der Waals surface area contributed by atoms with Crippen molar-refractivity contribution in [1.82, 2.24) is 4.72 Å². The highest BCUT2D eigenvalue weighted by Gasteiger charge is 2.38. The third kappa shape index (κ3) is 5.90. The lowest BCUT2D eigenvalue weighted by Crippen LogP contribution is -2.50. The normalized spacial score (nSPS) is 15.3. The minimum atomic E-state index is -3.87. The van der Waals surface area contributed by atoms with Crippen molar-refractivity contribution >= 4 is 18.3 Å². The standard InChI is InChI=1S/C20H33NO4SSi/c1-10-18(22)17(13-25-27(8,9)20(5,6)7)21-26(23,24)19-15(3)11-14(2)12-16(19)4/h1,11-12,17-18,21-22H,13H2,2-9H3/t17-,18-/m0/s1. The molecular weight excluding hydrogens is 378 g/mol. The van der Waals surface area contributed by atoms with Crippen molar-refractivity contribution in [2.75, 3.05) is 6.61 Å². The third-order valence-electron chi connectivity index (χ3n) is 5.16. The predicted molar refractivity (Wildman–Crippen MR) is 113 cm³/mol. The van der Waals surface area contributed by atoms with E-state index in [0.717, 1.165) is 5.56 Å². The summed E-state index contributed by atoms with van der Waals surface area (Å²) in [5.41, 5.74) is 2.30. The van der Waals surface area contributed by atoms with Gasteiger partial charge in [0.25, 0.3) is 0 Å². The molecule has 0 spiro atoms. The fourth-order valence-corrected chi connectivity index (χ4v) is 5.38. The van der Waals surface area contributed by atoms with Crippen LogP contribution in [-0.2, 0) is 14.4 Å². The molecule has 0 aromatic heterocycles. The fraction of sp³-hybridized carbons (Fsp3) is 0.600. The summed E-state index contributed by atoms with van der Waals surface area (Å²) in [6.45, 7) is 15.9. The van der Waals surface area contributed by atoms with Crippen LogP contribution in [0.4, 0.5) is 0 Å². The van der Waals surface area contributed by atoms with Crippen molar-refractivity contribution in [2.24, 2.45) is 0 Å². The van der Waals surface area contributed by atoms with Gasteiger partial charge in [0.2, 0.25) is 10.0 Å². The SMILES string of the molecule is C#C[C@H](O)[C@H](CO[Si](C)(C)C(C)(C)C)NS(=O)(=O)c1c(C)cc(C)cc1C. The van der Waals surface area contributed by atoms with Gasteiger partial charge in [-0.3, -0.25) is 0 Å². The Morgan fingerprint density at radius 2 is 1.70 bits per heavy atom. The molecule has 0 heterocycles. The molecule has 0 radical (unpaired) electrons. The van der Waals surface area contributed by atoms with Crippen LogP contribution in [0.1, 0.15) is 37.5 Å². The number of hydrogen-bond donors (Lipinski definition) is 2. The molecule has 0 amide bonds. The lowest BCUT2D eigenvalue weighted by Gasteiger charge is -2.37. The summed E-state index contributed by atoms with van der Waals surface area (Å²) in [7, 11) is -5.99. The Morgan fingerprint density at radius 3 is 2.11 bits per heavy atom. The van der Waals surface area contributed by atoms with Crippen LogP contribution in [0.5, 0.6) is 0 Å². The molecule has 7 heteroatoms. The van der Waals surface area contributed by atoms with E-state index in [1.54, 1.807) is 13.8 Å². The van der Waals surface area contributed by atoms with Crippen LogP contribution in [0, 0.1) is 33.1 Å². The number of aliphatic hydroxyl groups excluding tert-OH is 1. The first-order valence-electron chi connectivity index (χ1n) is 9.00. The summed E-state index contributed by atoms with van der Waals surface area (Å²) in [4.78, 5) is 0.217. The van der Waals surface area contributed by atoms with Crippen molar-refractivity contribution in [2.45, 2.75) is 76.7 Å². The van der Waals surface area contributed by atoms with Crippen molar-refractivity contribution in [3.05, 3.63) is 28.8 Å². The molecule has 5 nitrogen and oxygen atoms in total. The Balaban J connectivity index is 3.16. The van der Waals surface area contributed by atoms with E-state index >= 15 is 0 Å². The van der Waals surface area contributed by atoms with Gasteiger partial charge < -0.3 is 9.53 Å². The maximum atomic E-state index is 13.0. The van der Waals surface area contributed by atoms with Gasteiger partial charge in [0.1, 0.15) is 6.10 Å². The van der Waals surface area contributed by atoms with Gasteiger partial charge >= 0.3 is 0 Å². The van der Waals surface area contributed by atoms with Crippen LogP contribution in [0.2, 0.25) is 18.1 Å². The summed E-state index contributed by atoms with van der Waals surface area (Å²) in [5.74, 6) is 2.22. The van der Waals surface area contributed by atoms with Crippen molar-refractivity contribution in [3.8, 4) is 12.3 Å². The first-order valence-corrected chi connectivity index (χ1v) is 13.4. The van der Waals surface area contributed by atoms with Gasteiger partial charge in [0, 0.05) is 0 Å². The zero-order valence-corrected chi connectivity index (χ0v) is 19.5. The molecule has 1 aromatic carbocycles. The summed E-state index contributed by atoms with van der Waals surface area (Å²) < 4.78 is 34.7. The maximum absolute atomic E-state index is 13.0. The fourth-order valence-electron chi connectivity index (χ4n) is 2.67. The van der Waals surface area contributed by atoms with Gasteiger partial charge in [-0.25, -0.2) is 13.1 Å². The number of nitrogens with one attached hydrogen (secondary N) is 1. The van der Waals surface area contributed by atoms with Crippen LogP contribution in [0.25, 0.3) is 0 Å². The first-order chi connectivity index (χ1) is 12.1. The third-order valence-corrected chi connectivity index (χ3v) is 11.5. The second-order valence-corrected chi connectivity index (χ2v) is 15.1. The van der Waals surface area contributed by atoms with Gasteiger partial charge in [-0.2, -0.15) is 0 Å². The number of terminal acetylenes is 1. The molecule has 2 N–H and O–H groups in total. The Kier molecular flexibility index (Phi) is 7.47. The monoisotopic (exact) mass is 411 g/mol. The zero-order chi connectivity index (χ0) is 21.2. The second kappa shape index (κ2) is 8.46. The molecule has 2 atom stereocenters. The van der Waals surface area contributed by atoms with Gasteiger partial charge in [-0.1, -0.05) is 44.4 Å². The minimum Gasteiger partial charge on any atom is -0.415 e. The lowest BCUT2D eigenvalue weighted by molar-refractivity contribution is 0.145. The molecule has 1 rings (SSSR count). The summed E-state index contributed by atoms with van der Waals surface area (Å²) in [5, 5.41) is 10.1. The number of rotatable bonds is 7. The molecule has 27 heavy (non-hydrogen) atoms. The van der Waals surface area contributed by atoms with Crippen molar-refractivity contribution in [3.63, 3.8) is 0 Å². The van der Waals surface area contributed by atoms with Gasteiger partial charge in [-0.05, 0) is 50.0 Å². The molecule has 0 bridgehead atoms. The molecule has 0 fully saturated rings. The Morgan fingerprint density at radius 1 is 1.22 bits per heavy atom. The molecule has 0 aliphatic carbocycles. The van der Waals surface area contributed by atoms with E-state index in [-0.39, 0.29) is 16.5 Å². The minimum absolute atomic E-state index is 0.0189. The summed E-state index contributed by atoms with van der Waals surface area (Å²) >= 11 is 0. The average Bonchev–Trinajstić information content (AvgIpc) is 2.47. The van der Waals surface area contributed by atoms with Crippen LogP contribution in [0.3, 0.4) is 0 Å². The summed E-state index contributed by atoms with van der Waals surface area (Å²) in [6, 6.07) is 2.72. The van der Waals surface area contributed by atoms with Gasteiger partial charge in [0.15, 0.2) is 8.32 Å². The molecule has 0 aliphatic heterocycles. The van der Waals surface area contributed by atoms with E-state index in [1.807, 2.05) is 19.1 Å². The van der Waals surface area contributed by atoms with E-state index in [9.17, 15) is 13.5 Å². The molecule has 1 aromatic rings. The van der Waals surface area contributed by atoms with E-state index in [4.69, 9.17) is 10.8 Å². The number of aliphatic hydroxyl groups is 1. The Hall–Kier alpha value is -1.17. The predicted octanol–water partition coefficient (Wildman–Crippen LogP) is 3.27. The first kappa shape index (κ1) is 23.9. The Bertz CT molecular complexity index is 796. The van der Waals surface area contributed by atoms with E-state index in [0.29, 0.717) is 11.1 Å².